The zero-order valence-corrected chi connectivity index (χ0v) is 17.9. The van der Waals surface area contributed by atoms with Crippen molar-refractivity contribution >= 4 is 0 Å². The Hall–Kier alpha value is -1.88. The first-order valence-corrected chi connectivity index (χ1v) is 11.9. The van der Waals surface area contributed by atoms with E-state index in [1.807, 2.05) is 0 Å². The fraction of sp³-hybridized carbons (Fsp3) is 0.538. The Labute approximate surface area is 180 Å². The minimum absolute atomic E-state index is 0.709. The van der Waals surface area contributed by atoms with Gasteiger partial charge < -0.3 is 10.1 Å². The van der Waals surface area contributed by atoms with Crippen LogP contribution in [0.3, 0.4) is 0 Å². The Balaban J connectivity index is 1.09. The van der Waals surface area contributed by atoms with Crippen molar-refractivity contribution in [2.24, 2.45) is 11.8 Å². The molecule has 2 aromatic carbocycles. The number of rotatable bonds is 2. The van der Waals surface area contributed by atoms with Crippen LogP contribution in [0.25, 0.3) is 0 Å². The highest BCUT2D eigenvalue weighted by Gasteiger charge is 2.43. The average molecular weight is 404 g/mol. The molecule has 3 heterocycles. The molecular weight excluding hydrogens is 370 g/mol. The first-order valence-electron chi connectivity index (χ1n) is 11.9. The van der Waals surface area contributed by atoms with E-state index in [4.69, 9.17) is 4.74 Å². The smallest absolute Gasteiger partial charge is 0.124 e. The maximum Gasteiger partial charge on any atom is 0.124 e. The molecular formula is C26H33N3O. The molecule has 2 unspecified atom stereocenters. The zero-order valence-electron chi connectivity index (χ0n) is 17.9. The zero-order chi connectivity index (χ0) is 19.9. The van der Waals surface area contributed by atoms with E-state index in [2.05, 4.69) is 57.8 Å². The minimum Gasteiger partial charge on any atom is -0.492 e. The van der Waals surface area contributed by atoms with Gasteiger partial charge in [-0.15, -0.1) is 0 Å². The largest absolute Gasteiger partial charge is 0.492 e. The molecule has 6 rings (SSSR count). The molecule has 4 nitrogen and oxygen atoms in total. The maximum absolute atomic E-state index is 6.00. The van der Waals surface area contributed by atoms with Gasteiger partial charge in [-0.1, -0.05) is 36.4 Å². The van der Waals surface area contributed by atoms with Crippen molar-refractivity contribution in [3.05, 3.63) is 64.7 Å². The predicted octanol–water partition coefficient (Wildman–Crippen LogP) is 3.61. The van der Waals surface area contributed by atoms with E-state index in [0.717, 1.165) is 37.3 Å². The highest BCUT2D eigenvalue weighted by molar-refractivity contribution is 5.40. The lowest BCUT2D eigenvalue weighted by molar-refractivity contribution is -0.00695. The lowest BCUT2D eigenvalue weighted by Crippen LogP contribution is -2.43. The summed E-state index contributed by atoms with van der Waals surface area (Å²) in [5.41, 5.74) is 5.92. The highest BCUT2D eigenvalue weighted by atomic mass is 16.5. The van der Waals surface area contributed by atoms with Gasteiger partial charge in [-0.25, -0.2) is 10.0 Å². The highest BCUT2D eigenvalue weighted by Crippen LogP contribution is 2.47. The molecule has 4 aliphatic rings. The Bertz CT molecular complexity index is 872. The number of hydrazine groups is 1. The molecule has 1 saturated heterocycles. The predicted molar refractivity (Wildman–Crippen MR) is 120 cm³/mol. The Kier molecular flexibility index (Phi) is 5.02. The van der Waals surface area contributed by atoms with Crippen molar-refractivity contribution in [2.45, 2.75) is 38.1 Å². The number of fused-ring (bicyclic) bond motifs is 3. The molecule has 4 heteroatoms. The second-order valence-corrected chi connectivity index (χ2v) is 9.67. The van der Waals surface area contributed by atoms with Crippen molar-refractivity contribution in [2.75, 3.05) is 39.3 Å². The Morgan fingerprint density at radius 3 is 2.30 bits per heavy atom. The lowest BCUT2D eigenvalue weighted by Gasteiger charge is -2.31. The molecule has 2 atom stereocenters. The van der Waals surface area contributed by atoms with Crippen molar-refractivity contribution < 1.29 is 4.74 Å². The molecule has 0 amide bonds. The van der Waals surface area contributed by atoms with Crippen LogP contribution in [0, 0.1) is 11.8 Å². The van der Waals surface area contributed by atoms with Crippen LogP contribution >= 0.6 is 0 Å². The van der Waals surface area contributed by atoms with Crippen molar-refractivity contribution in [3.63, 3.8) is 0 Å². The van der Waals surface area contributed by atoms with Gasteiger partial charge in [-0.3, -0.25) is 0 Å². The van der Waals surface area contributed by atoms with Gasteiger partial charge in [0.05, 0.1) is 0 Å². The van der Waals surface area contributed by atoms with E-state index in [1.54, 1.807) is 11.1 Å². The first-order chi connectivity index (χ1) is 14.8. The van der Waals surface area contributed by atoms with Crippen LogP contribution in [0.4, 0.5) is 0 Å². The normalized spacial score (nSPS) is 29.4. The van der Waals surface area contributed by atoms with Gasteiger partial charge in [-0.05, 0) is 66.2 Å². The monoisotopic (exact) mass is 403 g/mol. The molecule has 158 valence electrons. The minimum atomic E-state index is 0.709. The van der Waals surface area contributed by atoms with Gasteiger partial charge in [0, 0.05) is 44.8 Å². The third-order valence-electron chi connectivity index (χ3n) is 7.94. The standard InChI is InChI=1S/C26H33N3O/c1-2-4-20-8-11-28(10-7-19(20)3-1)29-17-24-13-23(14-25(24)18-29)21-5-6-22-16-27-9-12-30-26(22)15-21/h1-6,15,23-25,27H,7-14,16-18H2. The number of nitrogens with zero attached hydrogens (tertiary/aromatic N) is 2. The summed E-state index contributed by atoms with van der Waals surface area (Å²) < 4.78 is 6.00. The van der Waals surface area contributed by atoms with Crippen molar-refractivity contribution in [1.29, 1.82) is 0 Å². The van der Waals surface area contributed by atoms with Crippen LogP contribution in [0.1, 0.15) is 41.0 Å². The number of nitrogens with one attached hydrogen (secondary N) is 1. The first kappa shape index (κ1) is 18.9. The van der Waals surface area contributed by atoms with Gasteiger partial charge in [-0.2, -0.15) is 0 Å². The Morgan fingerprint density at radius 2 is 1.57 bits per heavy atom. The Morgan fingerprint density at radius 1 is 0.833 bits per heavy atom. The quantitative estimate of drug-likeness (QED) is 0.829. The van der Waals surface area contributed by atoms with Crippen LogP contribution in [0.5, 0.6) is 5.75 Å². The van der Waals surface area contributed by atoms with Crippen LogP contribution in [-0.2, 0) is 19.4 Å². The fourth-order valence-corrected chi connectivity index (χ4v) is 6.28. The lowest BCUT2D eigenvalue weighted by atomic mass is 9.94. The average Bonchev–Trinajstić information content (AvgIpc) is 3.15. The number of hydrogen-bond acceptors (Lipinski definition) is 4. The van der Waals surface area contributed by atoms with E-state index in [-0.39, 0.29) is 0 Å². The molecule has 2 aromatic rings. The summed E-state index contributed by atoms with van der Waals surface area (Å²) in [6, 6.07) is 16.0. The molecule has 1 aliphatic carbocycles. The number of hydrogen-bond donors (Lipinski definition) is 1. The number of benzene rings is 2. The van der Waals surface area contributed by atoms with Gasteiger partial charge >= 0.3 is 0 Å². The molecule has 3 aliphatic heterocycles. The summed E-state index contributed by atoms with van der Waals surface area (Å²) in [5.74, 6) is 3.52. The second kappa shape index (κ2) is 7.99. The van der Waals surface area contributed by atoms with Gasteiger partial charge in [0.15, 0.2) is 0 Å². The SMILES string of the molecule is c1ccc2c(c1)CCN(N1CC3CC(c4ccc5c(c4)OCCNC5)CC3C1)CC2. The summed E-state index contributed by atoms with van der Waals surface area (Å²) in [5, 5.41) is 8.80. The molecule has 0 aromatic heterocycles. The van der Waals surface area contributed by atoms with E-state index in [0.29, 0.717) is 5.92 Å². The molecule has 0 bridgehead atoms. The summed E-state index contributed by atoms with van der Waals surface area (Å²) in [7, 11) is 0. The molecule has 30 heavy (non-hydrogen) atoms. The topological polar surface area (TPSA) is 27.7 Å². The molecule has 0 spiro atoms. The van der Waals surface area contributed by atoms with Crippen molar-refractivity contribution in [1.82, 2.24) is 15.3 Å². The van der Waals surface area contributed by atoms with Crippen molar-refractivity contribution in [3.8, 4) is 5.75 Å². The van der Waals surface area contributed by atoms with E-state index >= 15 is 0 Å². The van der Waals surface area contributed by atoms with Crippen LogP contribution in [0.15, 0.2) is 42.5 Å². The third kappa shape index (κ3) is 3.55. The summed E-state index contributed by atoms with van der Waals surface area (Å²) >= 11 is 0. The molecule has 2 fully saturated rings. The van der Waals surface area contributed by atoms with Gasteiger partial charge in [0.25, 0.3) is 0 Å². The van der Waals surface area contributed by atoms with E-state index in [1.165, 1.54) is 63.0 Å². The maximum atomic E-state index is 6.00. The summed E-state index contributed by atoms with van der Waals surface area (Å²) in [6.45, 7) is 7.51. The third-order valence-corrected chi connectivity index (χ3v) is 7.94. The summed E-state index contributed by atoms with van der Waals surface area (Å²) in [4.78, 5) is 0. The molecule has 1 saturated carbocycles. The van der Waals surface area contributed by atoms with E-state index in [9.17, 15) is 0 Å². The van der Waals surface area contributed by atoms with Crippen LogP contribution in [0.2, 0.25) is 0 Å². The number of ether oxygens (including phenoxy) is 1. The molecule has 0 radical (unpaired) electrons. The van der Waals surface area contributed by atoms with E-state index < -0.39 is 0 Å². The van der Waals surface area contributed by atoms with Gasteiger partial charge in [0.2, 0.25) is 0 Å². The summed E-state index contributed by atoms with van der Waals surface area (Å²) in [6.07, 6.45) is 5.06. The van der Waals surface area contributed by atoms with Crippen LogP contribution in [-0.4, -0.2) is 49.3 Å². The second-order valence-electron chi connectivity index (χ2n) is 9.67. The van der Waals surface area contributed by atoms with Crippen LogP contribution < -0.4 is 10.1 Å². The van der Waals surface area contributed by atoms with Gasteiger partial charge in [0.1, 0.15) is 12.4 Å². The fourth-order valence-electron chi connectivity index (χ4n) is 6.28. The molecule has 1 N–H and O–H groups in total.